The lowest BCUT2D eigenvalue weighted by atomic mass is 10.4. The number of aliphatic imine (C=N–C) groups is 1. The van der Waals surface area contributed by atoms with Crippen molar-refractivity contribution >= 4 is 35.8 Å². The topological polar surface area (TPSA) is 78.6 Å². The van der Waals surface area contributed by atoms with E-state index in [0.29, 0.717) is 32.1 Å². The van der Waals surface area contributed by atoms with Crippen molar-refractivity contribution in [2.75, 3.05) is 33.2 Å². The fraction of sp³-hybridized carbons (Fsp3) is 0.625. The molecule has 0 spiro atoms. The van der Waals surface area contributed by atoms with Crippen molar-refractivity contribution in [1.82, 2.24) is 29.9 Å². The van der Waals surface area contributed by atoms with E-state index in [4.69, 9.17) is 0 Å². The fourth-order valence-corrected chi connectivity index (χ4v) is 2.16. The largest absolute Gasteiger partial charge is 0.353 e. The van der Waals surface area contributed by atoms with Gasteiger partial charge in [-0.05, 0) is 20.8 Å². The summed E-state index contributed by atoms with van der Waals surface area (Å²) in [4.78, 5) is 20.5. The molecule has 0 unspecified atom stereocenters. The van der Waals surface area contributed by atoms with Crippen LogP contribution >= 0.6 is 24.0 Å². The minimum Gasteiger partial charge on any atom is -0.353 e. The molecule has 9 heteroatoms. The fourth-order valence-electron chi connectivity index (χ4n) is 2.16. The normalized spacial score (nSPS) is 10.8. The molecule has 1 aromatic rings. The van der Waals surface area contributed by atoms with E-state index in [0.717, 1.165) is 11.6 Å². The Hall–Kier alpha value is -1.65. The van der Waals surface area contributed by atoms with Crippen LogP contribution in [0.2, 0.25) is 0 Å². The minimum absolute atomic E-state index is 0. The number of aryl methyl sites for hydroxylation is 1. The second-order valence-corrected chi connectivity index (χ2v) is 5.45. The maximum absolute atomic E-state index is 12.3. The van der Waals surface area contributed by atoms with Crippen molar-refractivity contribution in [1.29, 1.82) is 0 Å². The van der Waals surface area contributed by atoms with Gasteiger partial charge in [0.05, 0.1) is 6.54 Å². The summed E-state index contributed by atoms with van der Waals surface area (Å²) in [5.41, 5.74) is 0. The van der Waals surface area contributed by atoms with Crippen molar-refractivity contribution < 1.29 is 4.79 Å². The zero-order valence-corrected chi connectivity index (χ0v) is 18.2. The first kappa shape index (κ1) is 23.4. The number of guanidine groups is 1. The second kappa shape index (κ2) is 11.8. The van der Waals surface area contributed by atoms with Gasteiger partial charge >= 0.3 is 0 Å². The van der Waals surface area contributed by atoms with Crippen LogP contribution < -0.4 is 5.32 Å². The van der Waals surface area contributed by atoms with Gasteiger partial charge < -0.3 is 19.7 Å². The Morgan fingerprint density at radius 1 is 1.36 bits per heavy atom. The highest BCUT2D eigenvalue weighted by molar-refractivity contribution is 14.0. The highest BCUT2D eigenvalue weighted by Crippen LogP contribution is 2.01. The number of carbonyl (C=O) groups is 1. The Labute approximate surface area is 167 Å². The summed E-state index contributed by atoms with van der Waals surface area (Å²) in [5, 5.41) is 11.3. The van der Waals surface area contributed by atoms with Crippen LogP contribution in [0.25, 0.3) is 0 Å². The molecule has 142 valence electrons. The Balaban J connectivity index is 0.00000576. The third kappa shape index (κ3) is 7.00. The smallest absolute Gasteiger partial charge is 0.242 e. The SMILES string of the molecule is C=CCNC(=NCc1nnc(C)n1C)N(C)CC(=O)N(CC)CC.I. The number of likely N-dealkylation sites (N-methyl/N-ethyl adjacent to an activating group) is 2. The van der Waals surface area contributed by atoms with E-state index in [2.05, 4.69) is 27.1 Å². The molecule has 0 radical (unpaired) electrons. The lowest BCUT2D eigenvalue weighted by Crippen LogP contribution is -2.45. The van der Waals surface area contributed by atoms with Gasteiger partial charge in [-0.15, -0.1) is 40.8 Å². The van der Waals surface area contributed by atoms with Crippen LogP contribution in [0.1, 0.15) is 25.5 Å². The lowest BCUT2D eigenvalue weighted by molar-refractivity contribution is -0.131. The molecule has 0 bridgehead atoms. The Kier molecular flexibility index (Phi) is 11.0. The van der Waals surface area contributed by atoms with Gasteiger partial charge in [-0.1, -0.05) is 6.08 Å². The first-order valence-corrected chi connectivity index (χ1v) is 8.17. The van der Waals surface area contributed by atoms with Gasteiger partial charge in [0.1, 0.15) is 12.4 Å². The molecular weight excluding hydrogens is 433 g/mol. The Morgan fingerprint density at radius 2 is 2.00 bits per heavy atom. The van der Waals surface area contributed by atoms with Crippen LogP contribution in [0.4, 0.5) is 0 Å². The van der Waals surface area contributed by atoms with Gasteiger partial charge in [0, 0.05) is 33.7 Å². The molecule has 0 atom stereocenters. The zero-order valence-electron chi connectivity index (χ0n) is 15.8. The van der Waals surface area contributed by atoms with Crippen LogP contribution in [-0.4, -0.2) is 69.7 Å². The van der Waals surface area contributed by atoms with Gasteiger partial charge in [0.15, 0.2) is 11.8 Å². The van der Waals surface area contributed by atoms with E-state index in [1.54, 1.807) is 11.0 Å². The monoisotopic (exact) mass is 463 g/mol. The van der Waals surface area contributed by atoms with Crippen molar-refractivity contribution in [3.05, 3.63) is 24.3 Å². The quantitative estimate of drug-likeness (QED) is 0.271. The highest BCUT2D eigenvalue weighted by Gasteiger charge is 2.15. The van der Waals surface area contributed by atoms with Gasteiger partial charge in [0.25, 0.3) is 0 Å². The number of nitrogens with one attached hydrogen (secondary N) is 1. The molecule has 0 aliphatic heterocycles. The molecule has 0 fully saturated rings. The summed E-state index contributed by atoms with van der Waals surface area (Å²) in [5.74, 6) is 2.32. The summed E-state index contributed by atoms with van der Waals surface area (Å²) in [6.07, 6.45) is 1.75. The van der Waals surface area contributed by atoms with E-state index < -0.39 is 0 Å². The molecule has 25 heavy (non-hydrogen) atoms. The first-order valence-electron chi connectivity index (χ1n) is 8.17. The van der Waals surface area contributed by atoms with Crippen molar-refractivity contribution in [3.63, 3.8) is 0 Å². The Bertz CT molecular complexity index is 581. The third-order valence-corrected chi connectivity index (χ3v) is 3.81. The molecule has 0 saturated carbocycles. The second-order valence-electron chi connectivity index (χ2n) is 5.45. The molecule has 1 rings (SSSR count). The number of amides is 1. The molecule has 0 aliphatic carbocycles. The van der Waals surface area contributed by atoms with E-state index in [-0.39, 0.29) is 36.4 Å². The molecule has 1 amide bonds. The number of hydrogen-bond donors (Lipinski definition) is 1. The minimum atomic E-state index is 0. The summed E-state index contributed by atoms with van der Waals surface area (Å²) in [6, 6.07) is 0. The molecule has 0 saturated heterocycles. The van der Waals surface area contributed by atoms with Crippen LogP contribution in [0, 0.1) is 6.92 Å². The number of halogens is 1. The molecule has 1 heterocycles. The van der Waals surface area contributed by atoms with Crippen molar-refractivity contribution in [2.45, 2.75) is 27.3 Å². The van der Waals surface area contributed by atoms with E-state index in [9.17, 15) is 4.79 Å². The van der Waals surface area contributed by atoms with Crippen molar-refractivity contribution in [3.8, 4) is 0 Å². The average molecular weight is 463 g/mol. The van der Waals surface area contributed by atoms with Gasteiger partial charge in [0.2, 0.25) is 5.91 Å². The molecule has 0 aliphatic rings. The molecule has 8 nitrogen and oxygen atoms in total. The Morgan fingerprint density at radius 3 is 2.48 bits per heavy atom. The van der Waals surface area contributed by atoms with E-state index in [1.807, 2.05) is 44.3 Å². The van der Waals surface area contributed by atoms with Crippen molar-refractivity contribution in [2.24, 2.45) is 12.0 Å². The summed E-state index contributed by atoms with van der Waals surface area (Å²) in [7, 11) is 3.75. The number of rotatable bonds is 8. The number of carbonyl (C=O) groups excluding carboxylic acids is 1. The van der Waals surface area contributed by atoms with Gasteiger partial charge in [-0.3, -0.25) is 4.79 Å². The summed E-state index contributed by atoms with van der Waals surface area (Å²) >= 11 is 0. The predicted octanol–water partition coefficient (Wildman–Crippen LogP) is 1.17. The zero-order chi connectivity index (χ0) is 18.1. The van der Waals surface area contributed by atoms with E-state index >= 15 is 0 Å². The highest BCUT2D eigenvalue weighted by atomic mass is 127. The third-order valence-electron chi connectivity index (χ3n) is 3.81. The molecule has 1 N–H and O–H groups in total. The van der Waals surface area contributed by atoms with Gasteiger partial charge in [-0.25, -0.2) is 4.99 Å². The maximum atomic E-state index is 12.3. The number of hydrogen-bond acceptors (Lipinski definition) is 4. The molecule has 0 aromatic carbocycles. The molecule has 1 aromatic heterocycles. The van der Waals surface area contributed by atoms with Crippen LogP contribution in [0.5, 0.6) is 0 Å². The number of aromatic nitrogens is 3. The standard InChI is InChI=1S/C16H29N7O.HI/c1-7-10-17-16(18-11-14-20-19-13(4)22(14)6)21(5)12-15(24)23(8-2)9-3;/h7H,1,8-12H2,2-6H3,(H,17,18);1H. The van der Waals surface area contributed by atoms with Gasteiger partial charge in [-0.2, -0.15) is 0 Å². The first-order chi connectivity index (χ1) is 11.4. The van der Waals surface area contributed by atoms with Crippen LogP contribution in [0.15, 0.2) is 17.6 Å². The average Bonchev–Trinajstić information content (AvgIpc) is 2.87. The van der Waals surface area contributed by atoms with Crippen LogP contribution in [-0.2, 0) is 18.4 Å². The number of nitrogens with zero attached hydrogens (tertiary/aromatic N) is 6. The molecular formula is C16H30IN7O. The summed E-state index contributed by atoms with van der Waals surface area (Å²) < 4.78 is 1.90. The van der Waals surface area contributed by atoms with Crippen LogP contribution in [0.3, 0.4) is 0 Å². The predicted molar refractivity (Wildman–Crippen MR) is 111 cm³/mol. The van der Waals surface area contributed by atoms with E-state index in [1.165, 1.54) is 0 Å². The maximum Gasteiger partial charge on any atom is 0.242 e. The summed E-state index contributed by atoms with van der Waals surface area (Å²) in [6.45, 7) is 12.2. The lowest BCUT2D eigenvalue weighted by Gasteiger charge is -2.25.